The summed E-state index contributed by atoms with van der Waals surface area (Å²) in [7, 11) is 0. The molecule has 1 aliphatic carbocycles. The second-order valence-electron chi connectivity index (χ2n) is 9.44. The van der Waals surface area contributed by atoms with Gasteiger partial charge in [0.15, 0.2) is 0 Å². The van der Waals surface area contributed by atoms with Crippen LogP contribution in [0.5, 0.6) is 0 Å². The molecule has 0 radical (unpaired) electrons. The highest BCUT2D eigenvalue weighted by Gasteiger charge is 2.39. The molecular formula is C25H33NO2. The number of nitrogens with one attached hydrogen (secondary N) is 1. The normalized spacial score (nSPS) is 17.1. The Balaban J connectivity index is 2.12. The van der Waals surface area contributed by atoms with Crippen molar-refractivity contribution >= 4 is 11.7 Å². The average Bonchev–Trinajstić information content (AvgIpc) is 2.62. The standard InChI is InChI=1S/C25H33NO2/c1-7-26-22-16(2)19(14-17-8-10-18(11-9-17)23(27)28)15-20-21(22)25(5,6)13-12-24(20,3)4/h8-11,15,26H,7,12-14H2,1-6H3,(H,27,28). The highest BCUT2D eigenvalue weighted by atomic mass is 16.4. The van der Waals surface area contributed by atoms with E-state index in [9.17, 15) is 4.79 Å². The van der Waals surface area contributed by atoms with Crippen molar-refractivity contribution in [2.24, 2.45) is 0 Å². The molecule has 0 spiro atoms. The first-order chi connectivity index (χ1) is 13.1. The molecular weight excluding hydrogens is 346 g/mol. The van der Waals surface area contributed by atoms with Crippen molar-refractivity contribution in [1.82, 2.24) is 0 Å². The summed E-state index contributed by atoms with van der Waals surface area (Å²) in [5.74, 6) is -0.880. The molecule has 3 rings (SSSR count). The van der Waals surface area contributed by atoms with Crippen LogP contribution < -0.4 is 5.32 Å². The topological polar surface area (TPSA) is 49.3 Å². The first kappa shape index (κ1) is 20.4. The van der Waals surface area contributed by atoms with Crippen molar-refractivity contribution in [3.05, 3.63) is 63.7 Å². The number of benzene rings is 2. The number of aromatic carboxylic acids is 1. The van der Waals surface area contributed by atoms with Crippen molar-refractivity contribution in [3.63, 3.8) is 0 Å². The smallest absolute Gasteiger partial charge is 0.335 e. The number of fused-ring (bicyclic) bond motifs is 1. The zero-order valence-corrected chi connectivity index (χ0v) is 18.1. The molecule has 150 valence electrons. The summed E-state index contributed by atoms with van der Waals surface area (Å²) in [6.07, 6.45) is 3.20. The quantitative estimate of drug-likeness (QED) is 0.663. The number of hydrogen-bond donors (Lipinski definition) is 2. The summed E-state index contributed by atoms with van der Waals surface area (Å²) in [6.45, 7) is 14.7. The number of carboxylic acids is 1. The van der Waals surface area contributed by atoms with Gasteiger partial charge in [-0.3, -0.25) is 0 Å². The van der Waals surface area contributed by atoms with Crippen molar-refractivity contribution < 1.29 is 9.90 Å². The van der Waals surface area contributed by atoms with E-state index in [1.165, 1.54) is 40.8 Å². The van der Waals surface area contributed by atoms with E-state index in [1.54, 1.807) is 12.1 Å². The van der Waals surface area contributed by atoms with Gasteiger partial charge in [0.1, 0.15) is 0 Å². The number of hydrogen-bond acceptors (Lipinski definition) is 2. The van der Waals surface area contributed by atoms with Crippen LogP contribution in [0.3, 0.4) is 0 Å². The second kappa shape index (κ2) is 7.27. The van der Waals surface area contributed by atoms with Crippen LogP contribution in [0.4, 0.5) is 5.69 Å². The minimum absolute atomic E-state index is 0.157. The van der Waals surface area contributed by atoms with E-state index in [0.29, 0.717) is 5.56 Å². The lowest BCUT2D eigenvalue weighted by Crippen LogP contribution is -2.35. The van der Waals surface area contributed by atoms with Gasteiger partial charge >= 0.3 is 5.97 Å². The molecule has 0 bridgehead atoms. The molecule has 0 amide bonds. The van der Waals surface area contributed by atoms with Crippen LogP contribution in [0.2, 0.25) is 0 Å². The molecule has 0 unspecified atom stereocenters. The van der Waals surface area contributed by atoms with Crippen LogP contribution in [0.25, 0.3) is 0 Å². The van der Waals surface area contributed by atoms with Gasteiger partial charge in [0.25, 0.3) is 0 Å². The summed E-state index contributed by atoms with van der Waals surface area (Å²) in [4.78, 5) is 11.1. The van der Waals surface area contributed by atoms with E-state index < -0.39 is 5.97 Å². The molecule has 0 aliphatic heterocycles. The molecule has 3 nitrogen and oxygen atoms in total. The Bertz CT molecular complexity index is 892. The zero-order valence-electron chi connectivity index (χ0n) is 18.1. The van der Waals surface area contributed by atoms with Gasteiger partial charge in [-0.05, 0) is 83.9 Å². The predicted octanol–water partition coefficient (Wildman–Crippen LogP) is 6.06. The Morgan fingerprint density at radius 3 is 2.25 bits per heavy atom. The van der Waals surface area contributed by atoms with Crippen molar-refractivity contribution in [2.75, 3.05) is 11.9 Å². The number of anilines is 1. The maximum atomic E-state index is 11.1. The van der Waals surface area contributed by atoms with Crippen molar-refractivity contribution in [3.8, 4) is 0 Å². The SMILES string of the molecule is CCNc1c(C)c(Cc2ccc(C(=O)O)cc2)cc2c1C(C)(C)CCC2(C)C. The molecule has 0 saturated carbocycles. The van der Waals surface area contributed by atoms with Gasteiger partial charge in [-0.1, -0.05) is 45.9 Å². The van der Waals surface area contributed by atoms with Crippen LogP contribution in [-0.4, -0.2) is 17.6 Å². The minimum Gasteiger partial charge on any atom is -0.478 e. The molecule has 0 aromatic heterocycles. The molecule has 2 aromatic rings. The highest BCUT2D eigenvalue weighted by Crippen LogP contribution is 2.50. The Hall–Kier alpha value is -2.29. The molecule has 2 aromatic carbocycles. The minimum atomic E-state index is -0.880. The lowest BCUT2D eigenvalue weighted by atomic mass is 9.61. The van der Waals surface area contributed by atoms with E-state index in [1.807, 2.05) is 12.1 Å². The fraction of sp³-hybridized carbons (Fsp3) is 0.480. The van der Waals surface area contributed by atoms with E-state index >= 15 is 0 Å². The highest BCUT2D eigenvalue weighted by molar-refractivity contribution is 5.87. The van der Waals surface area contributed by atoms with Gasteiger partial charge in [0.05, 0.1) is 5.56 Å². The van der Waals surface area contributed by atoms with Crippen molar-refractivity contribution in [2.45, 2.75) is 71.6 Å². The Morgan fingerprint density at radius 1 is 1.07 bits per heavy atom. The molecule has 0 fully saturated rings. The lowest BCUT2D eigenvalue weighted by Gasteiger charge is -2.44. The molecule has 0 heterocycles. The fourth-order valence-corrected chi connectivity index (χ4v) is 4.53. The summed E-state index contributed by atoms with van der Waals surface area (Å²) < 4.78 is 0. The van der Waals surface area contributed by atoms with E-state index in [4.69, 9.17) is 5.11 Å². The van der Waals surface area contributed by atoms with E-state index in [0.717, 1.165) is 18.5 Å². The summed E-state index contributed by atoms with van der Waals surface area (Å²) in [5.41, 5.74) is 8.67. The lowest BCUT2D eigenvalue weighted by molar-refractivity contribution is 0.0697. The number of carbonyl (C=O) groups is 1. The van der Waals surface area contributed by atoms with Gasteiger partial charge in [0, 0.05) is 12.2 Å². The average molecular weight is 380 g/mol. The van der Waals surface area contributed by atoms with E-state index in [-0.39, 0.29) is 10.8 Å². The van der Waals surface area contributed by atoms with Crippen LogP contribution >= 0.6 is 0 Å². The first-order valence-corrected chi connectivity index (χ1v) is 10.3. The van der Waals surface area contributed by atoms with Crippen LogP contribution in [0, 0.1) is 6.92 Å². The van der Waals surface area contributed by atoms with Gasteiger partial charge in [0.2, 0.25) is 0 Å². The molecule has 1 aliphatic rings. The Kier molecular flexibility index (Phi) is 5.31. The maximum absolute atomic E-state index is 11.1. The Labute approximate surface area is 169 Å². The second-order valence-corrected chi connectivity index (χ2v) is 9.44. The molecule has 0 atom stereocenters. The van der Waals surface area contributed by atoms with Crippen LogP contribution in [0.1, 0.15) is 85.6 Å². The molecule has 28 heavy (non-hydrogen) atoms. The van der Waals surface area contributed by atoms with Crippen LogP contribution in [-0.2, 0) is 17.3 Å². The number of rotatable bonds is 5. The third-order valence-electron chi connectivity index (χ3n) is 6.42. The Morgan fingerprint density at radius 2 is 1.68 bits per heavy atom. The summed E-state index contributed by atoms with van der Waals surface area (Å²) in [6, 6.07) is 9.68. The third-order valence-corrected chi connectivity index (χ3v) is 6.42. The molecule has 0 saturated heterocycles. The van der Waals surface area contributed by atoms with Crippen molar-refractivity contribution in [1.29, 1.82) is 0 Å². The summed E-state index contributed by atoms with van der Waals surface area (Å²) in [5, 5.41) is 12.8. The largest absolute Gasteiger partial charge is 0.478 e. The molecule has 3 heteroatoms. The summed E-state index contributed by atoms with van der Waals surface area (Å²) >= 11 is 0. The zero-order chi connectivity index (χ0) is 20.7. The maximum Gasteiger partial charge on any atom is 0.335 e. The first-order valence-electron chi connectivity index (χ1n) is 10.3. The number of carboxylic acid groups (broad SMARTS) is 1. The molecule has 2 N–H and O–H groups in total. The fourth-order valence-electron chi connectivity index (χ4n) is 4.53. The monoisotopic (exact) mass is 379 g/mol. The van der Waals surface area contributed by atoms with Gasteiger partial charge in [-0.15, -0.1) is 0 Å². The van der Waals surface area contributed by atoms with Gasteiger partial charge in [-0.25, -0.2) is 4.79 Å². The van der Waals surface area contributed by atoms with Gasteiger partial charge in [-0.2, -0.15) is 0 Å². The third kappa shape index (κ3) is 3.67. The predicted molar refractivity (Wildman–Crippen MR) is 117 cm³/mol. The van der Waals surface area contributed by atoms with E-state index in [2.05, 4.69) is 52.9 Å². The van der Waals surface area contributed by atoms with Crippen LogP contribution in [0.15, 0.2) is 30.3 Å². The van der Waals surface area contributed by atoms with Gasteiger partial charge < -0.3 is 10.4 Å².